The first-order chi connectivity index (χ1) is 14.9. The van der Waals surface area contributed by atoms with E-state index in [1.807, 2.05) is 49.1 Å². The molecule has 31 heavy (non-hydrogen) atoms. The van der Waals surface area contributed by atoms with Crippen LogP contribution in [0.25, 0.3) is 0 Å². The number of ether oxygens (including phenoxy) is 1. The smallest absolute Gasteiger partial charge is 0.249 e. The monoisotopic (exact) mass is 432 g/mol. The van der Waals surface area contributed by atoms with Crippen LogP contribution in [-0.2, 0) is 19.1 Å². The summed E-state index contributed by atoms with van der Waals surface area (Å²) in [4.78, 5) is 41.5. The van der Waals surface area contributed by atoms with Crippen LogP contribution in [0, 0.1) is 5.92 Å². The highest BCUT2D eigenvalue weighted by atomic mass is 16.5. The minimum Gasteiger partial charge on any atom is -0.385 e. The number of rotatable bonds is 11. The van der Waals surface area contributed by atoms with E-state index in [4.69, 9.17) is 4.74 Å². The van der Waals surface area contributed by atoms with Gasteiger partial charge in [0.25, 0.3) is 0 Å². The third-order valence-electron chi connectivity index (χ3n) is 5.18. The lowest BCUT2D eigenvalue weighted by molar-refractivity contribution is -0.138. The van der Waals surface area contributed by atoms with Crippen LogP contribution in [0.4, 0.5) is 0 Å². The van der Waals surface area contributed by atoms with Crippen LogP contribution in [0.3, 0.4) is 0 Å². The molecule has 8 nitrogen and oxygen atoms in total. The Labute approximate surface area is 185 Å². The molecular formula is C23H36N4O4. The molecule has 1 fully saturated rings. The molecule has 1 aromatic carbocycles. The van der Waals surface area contributed by atoms with Crippen molar-refractivity contribution in [1.82, 2.24) is 20.4 Å². The number of amides is 3. The van der Waals surface area contributed by atoms with Crippen molar-refractivity contribution >= 4 is 17.7 Å². The van der Waals surface area contributed by atoms with Crippen LogP contribution >= 0.6 is 0 Å². The van der Waals surface area contributed by atoms with Gasteiger partial charge in [-0.1, -0.05) is 44.2 Å². The second-order valence-electron chi connectivity index (χ2n) is 8.31. The zero-order valence-electron chi connectivity index (χ0n) is 18.9. The maximum Gasteiger partial charge on any atom is 0.249 e. The molecular weight excluding hydrogens is 396 g/mol. The summed E-state index contributed by atoms with van der Waals surface area (Å²) in [6.45, 7) is 7.80. The molecule has 0 bridgehead atoms. The number of hydrogen-bond donors (Lipinski definition) is 2. The normalized spacial score (nSPS) is 15.5. The molecule has 0 aliphatic carbocycles. The van der Waals surface area contributed by atoms with Gasteiger partial charge in [0, 0.05) is 52.9 Å². The first-order valence-corrected chi connectivity index (χ1v) is 11.0. The average Bonchev–Trinajstić information content (AvgIpc) is 2.75. The molecule has 0 aromatic heterocycles. The lowest BCUT2D eigenvalue weighted by Gasteiger charge is -2.36. The van der Waals surface area contributed by atoms with Gasteiger partial charge < -0.3 is 20.3 Å². The molecule has 1 aliphatic rings. The third kappa shape index (κ3) is 8.67. The van der Waals surface area contributed by atoms with Crippen molar-refractivity contribution in [2.45, 2.75) is 32.7 Å². The molecule has 1 atom stereocenters. The highest BCUT2D eigenvalue weighted by Crippen LogP contribution is 2.18. The highest BCUT2D eigenvalue weighted by molar-refractivity contribution is 5.89. The summed E-state index contributed by atoms with van der Waals surface area (Å²) in [6.07, 6.45) is 1.16. The molecule has 1 saturated heterocycles. The Hall–Kier alpha value is -2.45. The van der Waals surface area contributed by atoms with Crippen molar-refractivity contribution in [1.29, 1.82) is 0 Å². The predicted molar refractivity (Wildman–Crippen MR) is 119 cm³/mol. The second kappa shape index (κ2) is 13.1. The lowest BCUT2D eigenvalue weighted by Crippen LogP contribution is -2.53. The van der Waals surface area contributed by atoms with Crippen molar-refractivity contribution in [3.05, 3.63) is 35.9 Å². The fourth-order valence-electron chi connectivity index (χ4n) is 3.54. The molecule has 0 radical (unpaired) electrons. The molecule has 1 heterocycles. The summed E-state index contributed by atoms with van der Waals surface area (Å²) < 4.78 is 4.98. The first kappa shape index (κ1) is 24.8. The van der Waals surface area contributed by atoms with E-state index in [1.54, 1.807) is 12.0 Å². The fourth-order valence-corrected chi connectivity index (χ4v) is 3.54. The van der Waals surface area contributed by atoms with E-state index in [0.717, 1.165) is 12.0 Å². The zero-order valence-corrected chi connectivity index (χ0v) is 18.9. The molecule has 1 aromatic rings. The lowest BCUT2D eigenvalue weighted by atomic mass is 10.0. The topological polar surface area (TPSA) is 91.0 Å². The Morgan fingerprint density at radius 2 is 1.71 bits per heavy atom. The van der Waals surface area contributed by atoms with Gasteiger partial charge in [-0.25, -0.2) is 0 Å². The third-order valence-corrected chi connectivity index (χ3v) is 5.18. The summed E-state index contributed by atoms with van der Waals surface area (Å²) >= 11 is 0. The SMILES string of the molecule is COCCCNC(=O)CN1CCN(C(=O)C(NC(=O)CC(C)C)c2ccccc2)CC1. The van der Waals surface area contributed by atoms with Crippen LogP contribution in [-0.4, -0.2) is 80.5 Å². The van der Waals surface area contributed by atoms with Gasteiger partial charge in [0.1, 0.15) is 6.04 Å². The van der Waals surface area contributed by atoms with E-state index in [9.17, 15) is 14.4 Å². The van der Waals surface area contributed by atoms with E-state index in [-0.39, 0.29) is 23.6 Å². The number of nitrogens with zero attached hydrogens (tertiary/aromatic N) is 2. The minimum atomic E-state index is -0.692. The van der Waals surface area contributed by atoms with E-state index >= 15 is 0 Å². The number of piperazine rings is 1. The molecule has 0 spiro atoms. The molecule has 0 saturated carbocycles. The van der Waals surface area contributed by atoms with E-state index in [1.165, 1.54) is 0 Å². The number of nitrogens with one attached hydrogen (secondary N) is 2. The summed E-state index contributed by atoms with van der Waals surface area (Å²) in [5, 5.41) is 5.81. The first-order valence-electron chi connectivity index (χ1n) is 11.0. The van der Waals surface area contributed by atoms with E-state index in [2.05, 4.69) is 10.6 Å². The van der Waals surface area contributed by atoms with Crippen LogP contribution in [0.15, 0.2) is 30.3 Å². The second-order valence-corrected chi connectivity index (χ2v) is 8.31. The Morgan fingerprint density at radius 3 is 2.32 bits per heavy atom. The summed E-state index contributed by atoms with van der Waals surface area (Å²) in [7, 11) is 1.64. The minimum absolute atomic E-state index is 0.0148. The standard InChI is InChI=1S/C23H36N4O4/c1-18(2)16-20(28)25-22(19-8-5-4-6-9-19)23(30)27-13-11-26(12-14-27)17-21(29)24-10-7-15-31-3/h4-6,8-9,18,22H,7,10-17H2,1-3H3,(H,24,29)(H,25,28). The molecule has 8 heteroatoms. The summed E-state index contributed by atoms with van der Waals surface area (Å²) in [5.74, 6) is -0.0253. The van der Waals surface area contributed by atoms with Crippen LogP contribution < -0.4 is 10.6 Å². The van der Waals surface area contributed by atoms with Crippen molar-refractivity contribution in [2.24, 2.45) is 5.92 Å². The average molecular weight is 433 g/mol. The molecule has 2 rings (SSSR count). The van der Waals surface area contributed by atoms with Gasteiger partial charge in [-0.15, -0.1) is 0 Å². The van der Waals surface area contributed by atoms with Gasteiger partial charge in [0.15, 0.2) is 0 Å². The number of hydrogen-bond acceptors (Lipinski definition) is 5. The highest BCUT2D eigenvalue weighted by Gasteiger charge is 2.30. The Bertz CT molecular complexity index is 703. The van der Waals surface area contributed by atoms with Crippen LogP contribution in [0.2, 0.25) is 0 Å². The van der Waals surface area contributed by atoms with E-state index < -0.39 is 6.04 Å². The molecule has 1 unspecified atom stereocenters. The number of methoxy groups -OCH3 is 1. The van der Waals surface area contributed by atoms with Gasteiger partial charge in [-0.2, -0.15) is 0 Å². The zero-order chi connectivity index (χ0) is 22.6. The molecule has 2 N–H and O–H groups in total. The quantitative estimate of drug-likeness (QED) is 0.513. The Kier molecular flexibility index (Phi) is 10.5. The van der Waals surface area contributed by atoms with Crippen molar-refractivity contribution in [3.63, 3.8) is 0 Å². The van der Waals surface area contributed by atoms with Crippen molar-refractivity contribution < 1.29 is 19.1 Å². The van der Waals surface area contributed by atoms with Crippen molar-refractivity contribution in [2.75, 3.05) is 53.0 Å². The number of carbonyl (C=O) groups excluding carboxylic acids is 3. The van der Waals surface area contributed by atoms with Crippen LogP contribution in [0.5, 0.6) is 0 Å². The van der Waals surface area contributed by atoms with Gasteiger partial charge >= 0.3 is 0 Å². The Morgan fingerprint density at radius 1 is 1.03 bits per heavy atom. The summed E-state index contributed by atoms with van der Waals surface area (Å²) in [5.41, 5.74) is 0.780. The largest absolute Gasteiger partial charge is 0.385 e. The predicted octanol–water partition coefficient (Wildman–Crippen LogP) is 1.19. The molecule has 172 valence electrons. The molecule has 1 aliphatic heterocycles. The van der Waals surface area contributed by atoms with Crippen molar-refractivity contribution in [3.8, 4) is 0 Å². The van der Waals surface area contributed by atoms with Gasteiger partial charge in [-0.05, 0) is 17.9 Å². The number of carbonyl (C=O) groups is 3. The summed E-state index contributed by atoms with van der Waals surface area (Å²) in [6, 6.07) is 8.66. The van der Waals surface area contributed by atoms with Gasteiger partial charge in [0.05, 0.1) is 6.54 Å². The molecule has 3 amide bonds. The maximum atomic E-state index is 13.3. The van der Waals surface area contributed by atoms with E-state index in [0.29, 0.717) is 52.3 Å². The van der Waals surface area contributed by atoms with Crippen LogP contribution in [0.1, 0.15) is 38.3 Å². The fraction of sp³-hybridized carbons (Fsp3) is 0.609. The van der Waals surface area contributed by atoms with Gasteiger partial charge in [-0.3, -0.25) is 19.3 Å². The van der Waals surface area contributed by atoms with Gasteiger partial charge in [0.2, 0.25) is 17.7 Å². The Balaban J connectivity index is 1.90. The maximum absolute atomic E-state index is 13.3. The number of benzene rings is 1.